The van der Waals surface area contributed by atoms with Crippen molar-refractivity contribution in [2.75, 3.05) is 5.73 Å². The minimum atomic E-state index is 0.241. The maximum Gasteiger partial charge on any atom is 0.0403 e. The number of nitrogens with one attached hydrogen (secondary N) is 2. The maximum absolute atomic E-state index is 7.27. The van der Waals surface area contributed by atoms with Gasteiger partial charge in [0.05, 0.1) is 0 Å². The van der Waals surface area contributed by atoms with Gasteiger partial charge in [-0.15, -0.1) is 0 Å². The molecule has 3 heteroatoms. The van der Waals surface area contributed by atoms with Crippen molar-refractivity contribution in [3.63, 3.8) is 0 Å². The molecule has 0 fully saturated rings. The van der Waals surface area contributed by atoms with Gasteiger partial charge in [0.25, 0.3) is 0 Å². The van der Waals surface area contributed by atoms with Gasteiger partial charge in [-0.3, -0.25) is 0 Å². The zero-order valence-corrected chi connectivity index (χ0v) is 11.5. The van der Waals surface area contributed by atoms with Gasteiger partial charge in [-0.05, 0) is 29.5 Å². The zero-order chi connectivity index (χ0) is 13.8. The van der Waals surface area contributed by atoms with Crippen molar-refractivity contribution in [2.24, 2.45) is 5.41 Å². The largest absolute Gasteiger partial charge is 0.398 e. The zero-order valence-electron chi connectivity index (χ0n) is 11.5. The Hall–Kier alpha value is -1.77. The molecular formula is C15H23N3. The van der Waals surface area contributed by atoms with Gasteiger partial charge in [0, 0.05) is 29.7 Å². The third-order valence-corrected chi connectivity index (χ3v) is 2.59. The predicted octanol–water partition coefficient (Wildman–Crippen LogP) is 3.31. The molecule has 0 atom stereocenters. The Kier molecular flexibility index (Phi) is 4.54. The van der Waals surface area contributed by atoms with Crippen LogP contribution in [0.1, 0.15) is 38.3 Å². The fraction of sp³-hybridized carbons (Fsp3) is 0.400. The molecule has 0 aliphatic heterocycles. The van der Waals surface area contributed by atoms with Crippen molar-refractivity contribution >= 4 is 11.9 Å². The highest BCUT2D eigenvalue weighted by Gasteiger charge is 2.11. The molecule has 4 N–H and O–H groups in total. The minimum absolute atomic E-state index is 0.241. The smallest absolute Gasteiger partial charge is 0.0403 e. The molecule has 0 aliphatic rings. The van der Waals surface area contributed by atoms with Crippen LogP contribution in [0.3, 0.4) is 0 Å². The van der Waals surface area contributed by atoms with E-state index in [9.17, 15) is 0 Å². The third-order valence-electron chi connectivity index (χ3n) is 2.59. The van der Waals surface area contributed by atoms with Gasteiger partial charge in [0.15, 0.2) is 0 Å². The number of benzene rings is 1. The lowest BCUT2D eigenvalue weighted by Gasteiger charge is -2.20. The standard InChI is InChI=1S/C15H23N3/c1-11(8-15(2,3)4)18-10-12-5-6-14(17)13(7-12)9-16/h5-7,9,16,18H,1,8,10,17H2,2-4H3. The van der Waals surface area contributed by atoms with E-state index in [0.29, 0.717) is 5.69 Å². The predicted molar refractivity (Wildman–Crippen MR) is 78.8 cm³/mol. The molecule has 18 heavy (non-hydrogen) atoms. The molecule has 3 nitrogen and oxygen atoms in total. The summed E-state index contributed by atoms with van der Waals surface area (Å²) in [7, 11) is 0. The highest BCUT2D eigenvalue weighted by molar-refractivity contribution is 5.85. The van der Waals surface area contributed by atoms with Crippen LogP contribution in [0.25, 0.3) is 0 Å². The Morgan fingerprint density at radius 2 is 2.11 bits per heavy atom. The molecular weight excluding hydrogens is 222 g/mol. The third kappa shape index (κ3) is 4.62. The van der Waals surface area contributed by atoms with E-state index in [2.05, 4.69) is 32.7 Å². The first-order valence-corrected chi connectivity index (χ1v) is 6.12. The first-order chi connectivity index (χ1) is 8.31. The van der Waals surface area contributed by atoms with E-state index in [1.807, 2.05) is 18.2 Å². The second kappa shape index (κ2) is 5.71. The Balaban J connectivity index is 2.59. The summed E-state index contributed by atoms with van der Waals surface area (Å²) in [4.78, 5) is 0. The molecule has 0 aliphatic carbocycles. The number of hydrogen-bond donors (Lipinski definition) is 3. The van der Waals surface area contributed by atoms with Crippen LogP contribution in [-0.4, -0.2) is 6.21 Å². The number of nitrogens with two attached hydrogens (primary N) is 1. The van der Waals surface area contributed by atoms with Crippen LogP contribution in [0.4, 0.5) is 5.69 Å². The molecule has 0 unspecified atom stereocenters. The van der Waals surface area contributed by atoms with Gasteiger partial charge < -0.3 is 16.5 Å². The van der Waals surface area contributed by atoms with E-state index >= 15 is 0 Å². The molecule has 0 spiro atoms. The van der Waals surface area contributed by atoms with E-state index in [4.69, 9.17) is 11.1 Å². The summed E-state index contributed by atoms with van der Waals surface area (Å²) in [6.45, 7) is 11.3. The molecule has 1 aromatic carbocycles. The van der Waals surface area contributed by atoms with Crippen LogP contribution >= 0.6 is 0 Å². The Labute approximate surface area is 110 Å². The summed E-state index contributed by atoms with van der Waals surface area (Å²) in [6, 6.07) is 5.74. The van der Waals surface area contributed by atoms with Crippen molar-refractivity contribution in [1.29, 1.82) is 5.41 Å². The van der Waals surface area contributed by atoms with E-state index in [-0.39, 0.29) is 5.41 Å². The molecule has 0 radical (unpaired) electrons. The van der Waals surface area contributed by atoms with Crippen LogP contribution in [0.2, 0.25) is 0 Å². The maximum atomic E-state index is 7.27. The quantitative estimate of drug-likeness (QED) is 0.550. The SMILES string of the molecule is C=C(CC(C)(C)C)NCc1ccc(N)c(C=N)c1. The summed E-state index contributed by atoms with van der Waals surface area (Å²) < 4.78 is 0. The summed E-state index contributed by atoms with van der Waals surface area (Å²) in [6.07, 6.45) is 2.22. The molecule has 0 heterocycles. The average molecular weight is 245 g/mol. The number of rotatable bonds is 5. The minimum Gasteiger partial charge on any atom is -0.398 e. The number of anilines is 1. The van der Waals surface area contributed by atoms with Gasteiger partial charge in [-0.1, -0.05) is 33.4 Å². The lowest BCUT2D eigenvalue weighted by molar-refractivity contribution is 0.398. The lowest BCUT2D eigenvalue weighted by atomic mass is 9.91. The van der Waals surface area contributed by atoms with Crippen molar-refractivity contribution in [1.82, 2.24) is 5.32 Å². The molecule has 0 saturated carbocycles. The molecule has 0 aromatic heterocycles. The Bertz CT molecular complexity index is 442. The average Bonchev–Trinajstić information content (AvgIpc) is 2.25. The van der Waals surface area contributed by atoms with E-state index < -0.39 is 0 Å². The normalized spacial score (nSPS) is 11.1. The van der Waals surface area contributed by atoms with Gasteiger partial charge >= 0.3 is 0 Å². The highest BCUT2D eigenvalue weighted by atomic mass is 14.9. The second-order valence-electron chi connectivity index (χ2n) is 5.80. The molecule has 1 aromatic rings. The van der Waals surface area contributed by atoms with Gasteiger partial charge in [0.1, 0.15) is 0 Å². The number of hydrogen-bond acceptors (Lipinski definition) is 3. The molecule has 0 bridgehead atoms. The fourth-order valence-electron chi connectivity index (χ4n) is 1.79. The van der Waals surface area contributed by atoms with Crippen molar-refractivity contribution in [2.45, 2.75) is 33.7 Å². The van der Waals surface area contributed by atoms with Gasteiger partial charge in [-0.25, -0.2) is 0 Å². The van der Waals surface area contributed by atoms with Crippen LogP contribution in [0, 0.1) is 10.8 Å². The second-order valence-corrected chi connectivity index (χ2v) is 5.80. The molecule has 0 amide bonds. The number of nitrogen functional groups attached to an aromatic ring is 1. The fourth-order valence-corrected chi connectivity index (χ4v) is 1.79. The first-order valence-electron chi connectivity index (χ1n) is 6.12. The molecule has 98 valence electrons. The van der Waals surface area contributed by atoms with Crippen LogP contribution in [0.5, 0.6) is 0 Å². The van der Waals surface area contributed by atoms with Gasteiger partial charge in [-0.2, -0.15) is 0 Å². The van der Waals surface area contributed by atoms with Crippen molar-refractivity contribution in [3.05, 3.63) is 41.6 Å². The first kappa shape index (κ1) is 14.3. The summed E-state index contributed by atoms with van der Waals surface area (Å²) in [5.41, 5.74) is 9.54. The summed E-state index contributed by atoms with van der Waals surface area (Å²) >= 11 is 0. The van der Waals surface area contributed by atoms with E-state index in [1.165, 1.54) is 6.21 Å². The molecule has 0 saturated heterocycles. The van der Waals surface area contributed by atoms with E-state index in [1.54, 1.807) is 0 Å². The number of allylic oxidation sites excluding steroid dienone is 1. The monoisotopic (exact) mass is 245 g/mol. The van der Waals surface area contributed by atoms with Crippen molar-refractivity contribution < 1.29 is 0 Å². The van der Waals surface area contributed by atoms with Crippen LogP contribution in [0.15, 0.2) is 30.5 Å². The van der Waals surface area contributed by atoms with Crippen LogP contribution in [-0.2, 0) is 6.54 Å². The molecule has 1 rings (SSSR count). The summed E-state index contributed by atoms with van der Waals surface area (Å²) in [5, 5.41) is 10.6. The van der Waals surface area contributed by atoms with Crippen molar-refractivity contribution in [3.8, 4) is 0 Å². The van der Waals surface area contributed by atoms with Crippen LogP contribution < -0.4 is 11.1 Å². The highest BCUT2D eigenvalue weighted by Crippen LogP contribution is 2.22. The Morgan fingerprint density at radius 3 is 2.67 bits per heavy atom. The topological polar surface area (TPSA) is 61.9 Å². The van der Waals surface area contributed by atoms with Gasteiger partial charge in [0.2, 0.25) is 0 Å². The summed E-state index contributed by atoms with van der Waals surface area (Å²) in [5.74, 6) is 0. The lowest BCUT2D eigenvalue weighted by Crippen LogP contribution is -2.17. The van der Waals surface area contributed by atoms with E-state index in [0.717, 1.165) is 29.8 Å². The Morgan fingerprint density at radius 1 is 1.44 bits per heavy atom.